The van der Waals surface area contributed by atoms with E-state index in [9.17, 15) is 10.2 Å². The van der Waals surface area contributed by atoms with E-state index in [1.54, 1.807) is 6.07 Å². The molecule has 0 fully saturated rings. The van der Waals surface area contributed by atoms with Crippen LogP contribution in [-0.4, -0.2) is 43.5 Å². The fourth-order valence-electron chi connectivity index (χ4n) is 4.85. The normalized spacial score (nSPS) is 12.6. The van der Waals surface area contributed by atoms with Crippen LogP contribution in [0.5, 0.6) is 11.5 Å². The Balaban J connectivity index is 1.72. The first-order valence-corrected chi connectivity index (χ1v) is 13.9. The second kappa shape index (κ2) is 11.4. The van der Waals surface area contributed by atoms with E-state index >= 15 is 0 Å². The molecule has 39 heavy (non-hydrogen) atoms. The molecule has 210 valence electrons. The summed E-state index contributed by atoms with van der Waals surface area (Å²) in [5, 5.41) is 21.5. The van der Waals surface area contributed by atoms with Gasteiger partial charge in [0.2, 0.25) is 0 Å². The highest BCUT2D eigenvalue weighted by molar-refractivity contribution is 6.06. The van der Waals surface area contributed by atoms with Gasteiger partial charge in [-0.25, -0.2) is 9.97 Å². The third kappa shape index (κ3) is 6.62. The second-order valence-electron chi connectivity index (χ2n) is 11.9. The number of anilines is 1. The SMILES string of the molecule is CCCCc1nc2c(N)nc3cc(C(C)(C)CCOCCC(C)(C)N)ccc3c2n1Cc1cc(O)ccc1O. The van der Waals surface area contributed by atoms with Gasteiger partial charge < -0.3 is 31.0 Å². The third-order valence-electron chi connectivity index (χ3n) is 7.47. The Kier molecular flexibility index (Phi) is 8.37. The van der Waals surface area contributed by atoms with Crippen molar-refractivity contribution in [1.82, 2.24) is 14.5 Å². The molecule has 0 saturated heterocycles. The second-order valence-corrected chi connectivity index (χ2v) is 11.9. The summed E-state index contributed by atoms with van der Waals surface area (Å²) in [7, 11) is 0. The molecule has 8 nitrogen and oxygen atoms in total. The number of fused-ring (bicyclic) bond motifs is 3. The number of aromatic hydroxyl groups is 2. The molecule has 8 heteroatoms. The lowest BCUT2D eigenvalue weighted by Crippen LogP contribution is -2.33. The number of hydrogen-bond acceptors (Lipinski definition) is 7. The lowest BCUT2D eigenvalue weighted by atomic mass is 9.81. The number of unbranched alkanes of at least 4 members (excludes halogenated alkanes) is 1. The van der Waals surface area contributed by atoms with Crippen LogP contribution in [0, 0.1) is 0 Å². The van der Waals surface area contributed by atoms with E-state index < -0.39 is 0 Å². The van der Waals surface area contributed by atoms with Gasteiger partial charge in [0, 0.05) is 36.1 Å². The van der Waals surface area contributed by atoms with Crippen LogP contribution in [0.1, 0.15) is 77.3 Å². The summed E-state index contributed by atoms with van der Waals surface area (Å²) in [6.45, 7) is 12.2. The van der Waals surface area contributed by atoms with Gasteiger partial charge in [0.05, 0.1) is 17.6 Å². The number of pyridine rings is 1. The zero-order chi connectivity index (χ0) is 28.4. The molecular formula is C31H43N5O3. The zero-order valence-corrected chi connectivity index (χ0v) is 23.9. The van der Waals surface area contributed by atoms with Crippen LogP contribution in [-0.2, 0) is 23.1 Å². The molecule has 4 aromatic rings. The maximum absolute atomic E-state index is 10.5. The minimum absolute atomic E-state index is 0.107. The number of imidazole rings is 1. The van der Waals surface area contributed by atoms with Gasteiger partial charge in [0.25, 0.3) is 0 Å². The summed E-state index contributed by atoms with van der Waals surface area (Å²) < 4.78 is 8.00. The molecule has 0 aliphatic heterocycles. The highest BCUT2D eigenvalue weighted by atomic mass is 16.5. The predicted molar refractivity (Wildman–Crippen MR) is 158 cm³/mol. The van der Waals surface area contributed by atoms with E-state index in [1.165, 1.54) is 12.1 Å². The highest BCUT2D eigenvalue weighted by Crippen LogP contribution is 2.35. The average molecular weight is 534 g/mol. The monoisotopic (exact) mass is 533 g/mol. The van der Waals surface area contributed by atoms with Crippen molar-refractivity contribution >= 4 is 27.8 Å². The van der Waals surface area contributed by atoms with Crippen LogP contribution >= 0.6 is 0 Å². The van der Waals surface area contributed by atoms with E-state index in [-0.39, 0.29) is 22.5 Å². The van der Waals surface area contributed by atoms with Gasteiger partial charge in [0.15, 0.2) is 5.82 Å². The number of phenolic OH excluding ortho intramolecular Hbond substituents is 2. The van der Waals surface area contributed by atoms with Crippen molar-refractivity contribution in [2.24, 2.45) is 5.73 Å². The minimum atomic E-state index is -0.229. The van der Waals surface area contributed by atoms with Gasteiger partial charge in [-0.3, -0.25) is 0 Å². The summed E-state index contributed by atoms with van der Waals surface area (Å²) in [5.74, 6) is 1.51. The standard InChI is InChI=1S/C31H43N5O3/c1-6-7-8-26-35-27-28(36(26)19-20-17-22(37)10-12-25(20)38)23-11-9-21(18-24(23)34-29(27)32)30(2,3)13-15-39-16-14-31(4,5)33/h9-12,17-18,37-38H,6-8,13-16,19,33H2,1-5H3,(H2,32,34). The van der Waals surface area contributed by atoms with Crippen molar-refractivity contribution in [2.45, 2.75) is 84.2 Å². The average Bonchev–Trinajstić information content (AvgIpc) is 3.22. The Labute approximate surface area is 231 Å². The summed E-state index contributed by atoms with van der Waals surface area (Å²) in [4.78, 5) is 9.66. The molecule has 0 amide bonds. The first kappa shape index (κ1) is 28.6. The van der Waals surface area contributed by atoms with Gasteiger partial charge in [-0.2, -0.15) is 0 Å². The molecule has 4 rings (SSSR count). The molecule has 2 aromatic carbocycles. The van der Waals surface area contributed by atoms with Crippen molar-refractivity contribution in [2.75, 3.05) is 18.9 Å². The van der Waals surface area contributed by atoms with Crippen LogP contribution in [0.3, 0.4) is 0 Å². The maximum atomic E-state index is 10.5. The third-order valence-corrected chi connectivity index (χ3v) is 7.47. The predicted octanol–water partition coefficient (Wildman–Crippen LogP) is 5.78. The first-order valence-electron chi connectivity index (χ1n) is 13.9. The molecule has 0 bridgehead atoms. The fraction of sp³-hybridized carbons (Fsp3) is 0.484. The van der Waals surface area contributed by atoms with Crippen LogP contribution in [0.25, 0.3) is 21.9 Å². The Bertz CT molecular complexity index is 1450. The molecule has 0 radical (unpaired) electrons. The number of aryl methyl sites for hydroxylation is 1. The molecule has 2 heterocycles. The Morgan fingerprint density at radius 3 is 2.44 bits per heavy atom. The number of rotatable bonds is 12. The molecular weight excluding hydrogens is 490 g/mol. The van der Waals surface area contributed by atoms with Crippen molar-refractivity contribution in [1.29, 1.82) is 0 Å². The molecule has 6 N–H and O–H groups in total. The van der Waals surface area contributed by atoms with Crippen LogP contribution in [0.15, 0.2) is 36.4 Å². The van der Waals surface area contributed by atoms with Gasteiger partial charge >= 0.3 is 0 Å². The number of benzene rings is 2. The minimum Gasteiger partial charge on any atom is -0.508 e. The molecule has 0 aliphatic rings. The van der Waals surface area contributed by atoms with Gasteiger partial charge in [-0.1, -0.05) is 39.3 Å². The maximum Gasteiger partial charge on any atom is 0.152 e. The van der Waals surface area contributed by atoms with E-state index in [0.717, 1.165) is 59.9 Å². The molecule has 2 aromatic heterocycles. The molecule has 0 spiro atoms. The number of nitrogens with two attached hydrogens (primary N) is 2. The van der Waals surface area contributed by atoms with Gasteiger partial charge in [0.1, 0.15) is 22.8 Å². The highest BCUT2D eigenvalue weighted by Gasteiger charge is 2.24. The molecule has 0 saturated carbocycles. The van der Waals surface area contributed by atoms with Crippen LogP contribution < -0.4 is 11.5 Å². The van der Waals surface area contributed by atoms with E-state index in [4.69, 9.17) is 26.2 Å². The number of nitrogen functional groups attached to an aromatic ring is 1. The zero-order valence-electron chi connectivity index (χ0n) is 23.9. The number of ether oxygens (including phenoxy) is 1. The summed E-state index contributed by atoms with van der Waals surface area (Å²) in [6, 6.07) is 10.9. The van der Waals surface area contributed by atoms with Gasteiger partial charge in [-0.05, 0) is 68.4 Å². The number of aromatic nitrogens is 3. The quantitative estimate of drug-likeness (QED) is 0.134. The van der Waals surface area contributed by atoms with Crippen molar-refractivity contribution in [3.8, 4) is 11.5 Å². The number of nitrogens with zero attached hydrogens (tertiary/aromatic N) is 3. The van der Waals surface area contributed by atoms with Crippen molar-refractivity contribution in [3.63, 3.8) is 0 Å². The summed E-state index contributed by atoms with van der Waals surface area (Å²) in [5.41, 5.74) is 16.3. The molecule has 0 atom stereocenters. The summed E-state index contributed by atoms with van der Waals surface area (Å²) in [6.07, 6.45) is 4.46. The first-order chi connectivity index (χ1) is 18.4. The van der Waals surface area contributed by atoms with Crippen LogP contribution in [0.2, 0.25) is 0 Å². The van der Waals surface area contributed by atoms with Gasteiger partial charge in [-0.15, -0.1) is 0 Å². The summed E-state index contributed by atoms with van der Waals surface area (Å²) >= 11 is 0. The molecule has 0 unspecified atom stereocenters. The Hall–Kier alpha value is -3.36. The Morgan fingerprint density at radius 2 is 1.72 bits per heavy atom. The van der Waals surface area contributed by atoms with Crippen molar-refractivity contribution in [3.05, 3.63) is 53.3 Å². The van der Waals surface area contributed by atoms with E-state index in [0.29, 0.717) is 36.7 Å². The lowest BCUT2D eigenvalue weighted by molar-refractivity contribution is 0.105. The van der Waals surface area contributed by atoms with E-state index in [1.807, 2.05) is 13.8 Å². The fourth-order valence-corrected chi connectivity index (χ4v) is 4.85. The number of phenols is 2. The Morgan fingerprint density at radius 1 is 0.974 bits per heavy atom. The van der Waals surface area contributed by atoms with E-state index in [2.05, 4.69) is 43.5 Å². The largest absolute Gasteiger partial charge is 0.508 e. The number of hydrogen-bond donors (Lipinski definition) is 4. The lowest BCUT2D eigenvalue weighted by Gasteiger charge is -2.26. The topological polar surface area (TPSA) is 132 Å². The smallest absolute Gasteiger partial charge is 0.152 e. The van der Waals surface area contributed by atoms with Crippen molar-refractivity contribution < 1.29 is 14.9 Å². The van der Waals surface area contributed by atoms with Crippen LogP contribution in [0.4, 0.5) is 5.82 Å². The molecule has 0 aliphatic carbocycles.